The van der Waals surface area contributed by atoms with E-state index in [2.05, 4.69) is 21.2 Å². The minimum Gasteiger partial charge on any atom is -0.477 e. The fraction of sp³-hybridized carbons (Fsp3) is 0.379. The molecule has 1 aromatic heterocycles. The molecule has 1 aliphatic heterocycles. The average molecular weight is 664 g/mol. The van der Waals surface area contributed by atoms with Gasteiger partial charge in [0.1, 0.15) is 0 Å². The van der Waals surface area contributed by atoms with Gasteiger partial charge in [-0.05, 0) is 64.9 Å². The maximum Gasteiger partial charge on any atom is 0.349 e. The molecule has 0 amide bonds. The fourth-order valence-electron chi connectivity index (χ4n) is 4.95. The average Bonchev–Trinajstić information content (AvgIpc) is 3.75. The molecule has 1 atom stereocenters. The summed E-state index contributed by atoms with van der Waals surface area (Å²) >= 11 is 4.61. The predicted octanol–water partition coefficient (Wildman–Crippen LogP) is 5.61. The van der Waals surface area contributed by atoms with Crippen molar-refractivity contribution >= 4 is 54.9 Å². The predicted molar refractivity (Wildman–Crippen MR) is 161 cm³/mol. The number of aromatic carboxylic acids is 1. The quantitative estimate of drug-likeness (QED) is 0.254. The van der Waals surface area contributed by atoms with Crippen LogP contribution in [0.2, 0.25) is 0 Å². The highest BCUT2D eigenvalue weighted by Crippen LogP contribution is 2.48. The number of rotatable bonds is 11. The second kappa shape index (κ2) is 12.5. The first-order valence-corrected chi connectivity index (χ1v) is 16.6. The molecule has 1 saturated heterocycles. The highest BCUT2D eigenvalue weighted by molar-refractivity contribution is 9.10. The Hall–Kier alpha value is -2.93. The van der Waals surface area contributed by atoms with E-state index in [0.717, 1.165) is 41.0 Å². The number of piperidine rings is 1. The summed E-state index contributed by atoms with van der Waals surface area (Å²) in [7, 11) is -2.10. The standard InChI is InChI=1S/C29H31BrN2O7S2/c1-38-29(35)24(19-10-11-19)39-25-23(30)26(40-27(25)28(33)34)20-8-5-9-22(16-20)31-21-12-14-32(15-13-21)41(36,37)17-18-6-3-2-4-7-18/h2-9,16,19,21,24,31H,10-15,17H2,1H3,(H,33,34). The van der Waals surface area contributed by atoms with Crippen LogP contribution in [-0.2, 0) is 25.3 Å². The van der Waals surface area contributed by atoms with E-state index in [9.17, 15) is 23.1 Å². The normalized spacial score (nSPS) is 17.1. The summed E-state index contributed by atoms with van der Waals surface area (Å²) in [5.41, 5.74) is 2.41. The summed E-state index contributed by atoms with van der Waals surface area (Å²) in [6.07, 6.45) is 2.12. The van der Waals surface area contributed by atoms with Gasteiger partial charge in [0.25, 0.3) is 0 Å². The minimum absolute atomic E-state index is 0.00359. The van der Waals surface area contributed by atoms with Crippen molar-refractivity contribution < 1.29 is 32.6 Å². The van der Waals surface area contributed by atoms with E-state index in [4.69, 9.17) is 9.47 Å². The number of halogens is 1. The third-order valence-electron chi connectivity index (χ3n) is 7.27. The van der Waals surface area contributed by atoms with Crippen molar-refractivity contribution in [2.75, 3.05) is 25.5 Å². The lowest BCUT2D eigenvalue weighted by Crippen LogP contribution is -2.42. The Labute approximate surface area is 251 Å². The smallest absolute Gasteiger partial charge is 0.349 e. The topological polar surface area (TPSA) is 122 Å². The second-order valence-electron chi connectivity index (χ2n) is 10.2. The SMILES string of the molecule is COC(=O)C(Oc1c(C(=O)O)sc(-c2cccc(NC3CCN(S(=O)(=O)Cc4ccccc4)CC3)c2)c1Br)C1CC1. The first kappa shape index (κ1) is 29.6. The molecule has 1 saturated carbocycles. The Morgan fingerprint density at radius 2 is 1.80 bits per heavy atom. The summed E-state index contributed by atoms with van der Waals surface area (Å²) in [6.45, 7) is 0.877. The van der Waals surface area contributed by atoms with Gasteiger partial charge in [-0.2, -0.15) is 0 Å². The molecule has 9 nitrogen and oxygen atoms in total. The summed E-state index contributed by atoms with van der Waals surface area (Å²) in [5, 5.41) is 13.4. The van der Waals surface area contributed by atoms with Gasteiger partial charge in [-0.3, -0.25) is 0 Å². The van der Waals surface area contributed by atoms with Crippen LogP contribution in [-0.4, -0.2) is 62.1 Å². The Morgan fingerprint density at radius 1 is 1.10 bits per heavy atom. The van der Waals surface area contributed by atoms with E-state index in [-0.39, 0.29) is 28.3 Å². The molecule has 12 heteroatoms. The molecule has 2 N–H and O–H groups in total. The number of anilines is 1. The zero-order valence-electron chi connectivity index (χ0n) is 22.4. The molecular formula is C29H31BrN2O7S2. The molecule has 2 fully saturated rings. The first-order chi connectivity index (χ1) is 19.7. The van der Waals surface area contributed by atoms with Crippen LogP contribution in [0.25, 0.3) is 10.4 Å². The van der Waals surface area contributed by atoms with Gasteiger partial charge in [0.15, 0.2) is 16.7 Å². The molecule has 2 aliphatic rings. The number of esters is 1. The van der Waals surface area contributed by atoms with Crippen LogP contribution in [0.3, 0.4) is 0 Å². The van der Waals surface area contributed by atoms with Crippen molar-refractivity contribution in [3.63, 3.8) is 0 Å². The van der Waals surface area contributed by atoms with Crippen LogP contribution < -0.4 is 10.1 Å². The van der Waals surface area contributed by atoms with Crippen LogP contribution in [0.1, 0.15) is 40.9 Å². The number of carboxylic acids is 1. The monoisotopic (exact) mass is 662 g/mol. The van der Waals surface area contributed by atoms with Gasteiger partial charge in [-0.25, -0.2) is 22.3 Å². The molecule has 0 bridgehead atoms. The lowest BCUT2D eigenvalue weighted by molar-refractivity contribution is -0.149. The summed E-state index contributed by atoms with van der Waals surface area (Å²) in [4.78, 5) is 25.1. The second-order valence-corrected chi connectivity index (χ2v) is 14.0. The number of nitrogens with one attached hydrogen (secondary N) is 1. The van der Waals surface area contributed by atoms with Crippen molar-refractivity contribution in [3.05, 3.63) is 69.5 Å². The van der Waals surface area contributed by atoms with Crippen LogP contribution in [0.4, 0.5) is 5.69 Å². The Bertz CT molecular complexity index is 1520. The van der Waals surface area contributed by atoms with Crippen molar-refractivity contribution in [1.82, 2.24) is 4.31 Å². The number of carbonyl (C=O) groups excluding carboxylic acids is 1. The largest absolute Gasteiger partial charge is 0.477 e. The molecule has 3 aromatic rings. The molecule has 0 radical (unpaired) electrons. The fourth-order valence-corrected chi connectivity index (χ4v) is 8.37. The van der Waals surface area contributed by atoms with Crippen molar-refractivity contribution in [3.8, 4) is 16.2 Å². The molecule has 1 unspecified atom stereocenters. The first-order valence-electron chi connectivity index (χ1n) is 13.3. The molecule has 218 valence electrons. The third kappa shape index (κ3) is 6.94. The number of sulfonamides is 1. The lowest BCUT2D eigenvalue weighted by Gasteiger charge is -2.32. The zero-order valence-corrected chi connectivity index (χ0v) is 25.6. The van der Waals surface area contributed by atoms with Crippen LogP contribution in [0, 0.1) is 5.92 Å². The van der Waals surface area contributed by atoms with Gasteiger partial charge < -0.3 is 19.9 Å². The summed E-state index contributed by atoms with van der Waals surface area (Å²) in [6, 6.07) is 16.9. The molecule has 2 aromatic carbocycles. The van der Waals surface area contributed by atoms with Gasteiger partial charge >= 0.3 is 11.9 Å². The lowest BCUT2D eigenvalue weighted by atomic mass is 10.1. The third-order valence-corrected chi connectivity index (χ3v) is 11.3. The van der Waals surface area contributed by atoms with Gasteiger partial charge in [-0.1, -0.05) is 42.5 Å². The number of hydrogen-bond acceptors (Lipinski definition) is 8. The minimum atomic E-state index is -3.39. The van der Waals surface area contributed by atoms with E-state index < -0.39 is 28.1 Å². The number of carbonyl (C=O) groups is 2. The van der Waals surface area contributed by atoms with Gasteiger partial charge in [-0.15, -0.1) is 11.3 Å². The summed E-state index contributed by atoms with van der Waals surface area (Å²) in [5.74, 6) is -1.53. The van der Waals surface area contributed by atoms with E-state index >= 15 is 0 Å². The molecule has 0 spiro atoms. The van der Waals surface area contributed by atoms with Crippen LogP contribution in [0.5, 0.6) is 5.75 Å². The Morgan fingerprint density at radius 3 is 2.44 bits per heavy atom. The zero-order chi connectivity index (χ0) is 29.1. The molecule has 41 heavy (non-hydrogen) atoms. The highest BCUT2D eigenvalue weighted by Gasteiger charge is 2.41. The Kier molecular flexibility index (Phi) is 9.03. The van der Waals surface area contributed by atoms with E-state index in [1.54, 1.807) is 4.31 Å². The molecule has 1 aliphatic carbocycles. The highest BCUT2D eigenvalue weighted by atomic mass is 79.9. The maximum absolute atomic E-state index is 12.9. The number of benzene rings is 2. The summed E-state index contributed by atoms with van der Waals surface area (Å²) < 4.78 is 38.7. The van der Waals surface area contributed by atoms with E-state index in [1.807, 2.05) is 54.6 Å². The van der Waals surface area contributed by atoms with Crippen molar-refractivity contribution in [2.24, 2.45) is 5.92 Å². The number of hydrogen-bond donors (Lipinski definition) is 2. The number of carboxylic acid groups (broad SMARTS) is 1. The number of thiophene rings is 1. The maximum atomic E-state index is 12.9. The molecule has 5 rings (SSSR count). The van der Waals surface area contributed by atoms with Gasteiger partial charge in [0, 0.05) is 30.7 Å². The van der Waals surface area contributed by atoms with E-state index in [1.165, 1.54) is 7.11 Å². The van der Waals surface area contributed by atoms with Crippen LogP contribution >= 0.6 is 27.3 Å². The van der Waals surface area contributed by atoms with E-state index in [0.29, 0.717) is 35.3 Å². The molecular weight excluding hydrogens is 632 g/mol. The van der Waals surface area contributed by atoms with Crippen molar-refractivity contribution in [1.29, 1.82) is 0 Å². The van der Waals surface area contributed by atoms with Gasteiger partial charge in [0.2, 0.25) is 10.0 Å². The molecule has 2 heterocycles. The Balaban J connectivity index is 1.28. The van der Waals surface area contributed by atoms with Gasteiger partial charge in [0.05, 0.1) is 22.2 Å². The van der Waals surface area contributed by atoms with Crippen LogP contribution in [0.15, 0.2) is 59.1 Å². The van der Waals surface area contributed by atoms with Crippen molar-refractivity contribution in [2.45, 2.75) is 43.6 Å². The number of methoxy groups -OCH3 is 1. The number of nitrogens with zero attached hydrogens (tertiary/aromatic N) is 1. The number of ether oxygens (including phenoxy) is 2.